The second-order valence-corrected chi connectivity index (χ2v) is 5.27. The lowest BCUT2D eigenvalue weighted by Gasteiger charge is -2.35. The lowest BCUT2D eigenvalue weighted by molar-refractivity contribution is -0.116. The topological polar surface area (TPSA) is 44.4 Å². The molecule has 4 heteroatoms. The molecule has 0 aromatic heterocycles. The number of carbonyl (C=O) groups excluding carboxylic acids is 1. The summed E-state index contributed by atoms with van der Waals surface area (Å²) < 4.78 is 0. The maximum atomic E-state index is 11.3. The number of benzene rings is 1. The molecule has 0 radical (unpaired) electrons. The molecule has 18 heavy (non-hydrogen) atoms. The fourth-order valence-corrected chi connectivity index (χ4v) is 2.54. The average Bonchev–Trinajstić information content (AvgIpc) is 2.27. The Labute approximate surface area is 107 Å². The zero-order valence-corrected chi connectivity index (χ0v) is 10.7. The molecule has 1 amide bonds. The van der Waals surface area contributed by atoms with Gasteiger partial charge in [0.25, 0.3) is 0 Å². The van der Waals surface area contributed by atoms with Crippen molar-refractivity contribution in [2.75, 3.05) is 25.5 Å². The Hall–Kier alpha value is -1.39. The molecular formula is C14H19N3O. The predicted molar refractivity (Wildman–Crippen MR) is 71.5 cm³/mol. The van der Waals surface area contributed by atoms with E-state index in [2.05, 4.69) is 34.7 Å². The zero-order chi connectivity index (χ0) is 12.5. The fraction of sp³-hybridized carbons (Fsp3) is 0.500. The third-order valence-corrected chi connectivity index (χ3v) is 3.88. The molecule has 1 saturated heterocycles. The van der Waals surface area contributed by atoms with Gasteiger partial charge in [0.05, 0.1) is 0 Å². The third-order valence-electron chi connectivity index (χ3n) is 3.88. The maximum Gasteiger partial charge on any atom is 0.224 e. The quantitative estimate of drug-likeness (QED) is 0.834. The van der Waals surface area contributed by atoms with Gasteiger partial charge in [0, 0.05) is 37.8 Å². The van der Waals surface area contributed by atoms with Crippen LogP contribution in [0, 0.1) is 0 Å². The summed E-state index contributed by atoms with van der Waals surface area (Å²) in [5.74, 6) is 0.132. The number of nitrogens with zero attached hydrogens (tertiary/aromatic N) is 1. The first kappa shape index (κ1) is 11.7. The van der Waals surface area contributed by atoms with E-state index in [1.54, 1.807) is 0 Å². The Morgan fingerprint density at radius 2 is 2.17 bits per heavy atom. The predicted octanol–water partition coefficient (Wildman–Crippen LogP) is 0.975. The van der Waals surface area contributed by atoms with E-state index < -0.39 is 0 Å². The molecule has 2 aliphatic heterocycles. The van der Waals surface area contributed by atoms with E-state index in [4.69, 9.17) is 0 Å². The van der Waals surface area contributed by atoms with Gasteiger partial charge < -0.3 is 10.6 Å². The third kappa shape index (κ3) is 2.26. The minimum Gasteiger partial charge on any atom is -0.326 e. The molecule has 96 valence electrons. The van der Waals surface area contributed by atoms with Crippen molar-refractivity contribution in [3.63, 3.8) is 0 Å². The Bertz CT molecular complexity index is 468. The summed E-state index contributed by atoms with van der Waals surface area (Å²) in [4.78, 5) is 13.7. The number of anilines is 1. The van der Waals surface area contributed by atoms with Gasteiger partial charge in [-0.2, -0.15) is 0 Å². The molecule has 2 heterocycles. The highest BCUT2D eigenvalue weighted by molar-refractivity contribution is 5.93. The molecule has 0 atom stereocenters. The fourth-order valence-electron chi connectivity index (χ4n) is 2.54. The van der Waals surface area contributed by atoms with Gasteiger partial charge in [0.15, 0.2) is 0 Å². The Kier molecular flexibility index (Phi) is 3.06. The molecular weight excluding hydrogens is 226 g/mol. The number of amides is 1. The van der Waals surface area contributed by atoms with Crippen LogP contribution in [0.15, 0.2) is 18.2 Å². The van der Waals surface area contributed by atoms with Crippen LogP contribution in [-0.2, 0) is 17.8 Å². The first-order valence-corrected chi connectivity index (χ1v) is 6.55. The van der Waals surface area contributed by atoms with Gasteiger partial charge in [-0.15, -0.1) is 0 Å². The van der Waals surface area contributed by atoms with Gasteiger partial charge in [-0.3, -0.25) is 9.69 Å². The first-order chi connectivity index (χ1) is 8.72. The van der Waals surface area contributed by atoms with Gasteiger partial charge >= 0.3 is 0 Å². The number of likely N-dealkylation sites (N-methyl/N-ethyl adjacent to an activating group) is 1. The molecule has 3 rings (SSSR count). The highest BCUT2D eigenvalue weighted by Crippen LogP contribution is 2.24. The van der Waals surface area contributed by atoms with Crippen LogP contribution in [0.3, 0.4) is 0 Å². The van der Waals surface area contributed by atoms with Gasteiger partial charge in [-0.05, 0) is 30.7 Å². The Balaban J connectivity index is 1.71. The van der Waals surface area contributed by atoms with E-state index in [1.165, 1.54) is 11.1 Å². The van der Waals surface area contributed by atoms with Gasteiger partial charge in [0.1, 0.15) is 0 Å². The number of carbonyl (C=O) groups is 1. The van der Waals surface area contributed by atoms with Crippen molar-refractivity contribution in [3.8, 4) is 0 Å². The van der Waals surface area contributed by atoms with E-state index in [-0.39, 0.29) is 5.91 Å². The molecule has 0 aliphatic carbocycles. The summed E-state index contributed by atoms with van der Waals surface area (Å²) in [6.07, 6.45) is 1.47. The van der Waals surface area contributed by atoms with E-state index in [0.29, 0.717) is 12.5 Å². The number of fused-ring (bicyclic) bond motifs is 1. The van der Waals surface area contributed by atoms with Crippen LogP contribution in [0.1, 0.15) is 17.5 Å². The minimum absolute atomic E-state index is 0.132. The lowest BCUT2D eigenvalue weighted by atomic mass is 10.00. The van der Waals surface area contributed by atoms with E-state index >= 15 is 0 Å². The summed E-state index contributed by atoms with van der Waals surface area (Å²) in [6.45, 7) is 3.17. The zero-order valence-electron chi connectivity index (χ0n) is 10.7. The number of aryl methyl sites for hydroxylation is 1. The van der Waals surface area contributed by atoms with Crippen molar-refractivity contribution < 1.29 is 4.79 Å². The normalized spacial score (nSPS) is 19.3. The summed E-state index contributed by atoms with van der Waals surface area (Å²) in [7, 11) is 2.17. The van der Waals surface area contributed by atoms with E-state index in [1.807, 2.05) is 6.07 Å². The molecule has 1 fully saturated rings. The molecule has 2 aliphatic rings. The number of rotatable bonds is 3. The van der Waals surface area contributed by atoms with Crippen molar-refractivity contribution >= 4 is 11.6 Å². The molecule has 1 aromatic rings. The van der Waals surface area contributed by atoms with E-state index in [0.717, 1.165) is 31.7 Å². The second kappa shape index (κ2) is 4.71. The summed E-state index contributed by atoms with van der Waals surface area (Å²) in [6, 6.07) is 7.06. The van der Waals surface area contributed by atoms with Crippen molar-refractivity contribution in [2.45, 2.75) is 25.4 Å². The molecule has 2 N–H and O–H groups in total. The van der Waals surface area contributed by atoms with Crippen molar-refractivity contribution in [2.24, 2.45) is 0 Å². The molecule has 4 nitrogen and oxygen atoms in total. The van der Waals surface area contributed by atoms with Crippen LogP contribution in [0.4, 0.5) is 5.69 Å². The molecule has 0 saturated carbocycles. The standard InChI is InChI=1S/C14H19N3O/c1-17(12-7-15-8-12)9-10-2-4-13-11(6-10)3-5-14(18)16-13/h2,4,6,12,15H,3,5,7-9H2,1H3,(H,16,18). The lowest BCUT2D eigenvalue weighted by Crippen LogP contribution is -2.55. The maximum absolute atomic E-state index is 11.3. The van der Waals surface area contributed by atoms with Crippen molar-refractivity contribution in [3.05, 3.63) is 29.3 Å². The van der Waals surface area contributed by atoms with Crippen LogP contribution in [-0.4, -0.2) is 37.0 Å². The average molecular weight is 245 g/mol. The number of nitrogens with one attached hydrogen (secondary N) is 2. The van der Waals surface area contributed by atoms with Crippen LogP contribution in [0.25, 0.3) is 0 Å². The summed E-state index contributed by atoms with van der Waals surface area (Å²) in [5.41, 5.74) is 3.59. The molecule has 0 bridgehead atoms. The van der Waals surface area contributed by atoms with Crippen molar-refractivity contribution in [1.82, 2.24) is 10.2 Å². The second-order valence-electron chi connectivity index (χ2n) is 5.27. The first-order valence-electron chi connectivity index (χ1n) is 6.55. The SMILES string of the molecule is CN(Cc1ccc2c(c1)CCC(=O)N2)C1CNC1. The van der Waals surface area contributed by atoms with Crippen molar-refractivity contribution in [1.29, 1.82) is 0 Å². The number of hydrogen-bond donors (Lipinski definition) is 2. The highest BCUT2D eigenvalue weighted by atomic mass is 16.1. The van der Waals surface area contributed by atoms with Gasteiger partial charge in [0.2, 0.25) is 5.91 Å². The smallest absolute Gasteiger partial charge is 0.224 e. The highest BCUT2D eigenvalue weighted by Gasteiger charge is 2.22. The van der Waals surface area contributed by atoms with Crippen LogP contribution < -0.4 is 10.6 Å². The van der Waals surface area contributed by atoms with Gasteiger partial charge in [-0.25, -0.2) is 0 Å². The van der Waals surface area contributed by atoms with Crippen LogP contribution in [0.5, 0.6) is 0 Å². The monoisotopic (exact) mass is 245 g/mol. The summed E-state index contributed by atoms with van der Waals surface area (Å²) in [5, 5.41) is 6.22. The summed E-state index contributed by atoms with van der Waals surface area (Å²) >= 11 is 0. The largest absolute Gasteiger partial charge is 0.326 e. The van der Waals surface area contributed by atoms with E-state index in [9.17, 15) is 4.79 Å². The molecule has 1 aromatic carbocycles. The van der Waals surface area contributed by atoms with Crippen LogP contribution in [0.2, 0.25) is 0 Å². The molecule has 0 spiro atoms. The molecule has 0 unspecified atom stereocenters. The minimum atomic E-state index is 0.132. The Morgan fingerprint density at radius 3 is 2.89 bits per heavy atom. The van der Waals surface area contributed by atoms with Crippen LogP contribution >= 0.6 is 0 Å². The Morgan fingerprint density at radius 1 is 1.33 bits per heavy atom. The van der Waals surface area contributed by atoms with Gasteiger partial charge in [-0.1, -0.05) is 12.1 Å². The number of hydrogen-bond acceptors (Lipinski definition) is 3.